The number of carboxylic acids is 1. The first kappa shape index (κ1) is 12.6. The van der Waals surface area contributed by atoms with Crippen LogP contribution in [0.25, 0.3) is 0 Å². The van der Waals surface area contributed by atoms with E-state index in [-0.39, 0.29) is 5.69 Å². The smallest absolute Gasteiger partial charge is 0.358 e. The highest BCUT2D eigenvalue weighted by Crippen LogP contribution is 2.09. The fourth-order valence-corrected chi connectivity index (χ4v) is 1.44. The highest BCUT2D eigenvalue weighted by Gasteiger charge is 2.17. The molecule has 0 aliphatic rings. The zero-order valence-corrected chi connectivity index (χ0v) is 9.68. The van der Waals surface area contributed by atoms with Gasteiger partial charge in [-0.05, 0) is 18.9 Å². The van der Waals surface area contributed by atoms with Gasteiger partial charge in [0.1, 0.15) is 0 Å². The molecule has 0 unspecified atom stereocenters. The fourth-order valence-electron chi connectivity index (χ4n) is 1.44. The first-order valence-corrected chi connectivity index (χ1v) is 5.42. The molecule has 0 aliphatic carbocycles. The van der Waals surface area contributed by atoms with E-state index in [1.54, 1.807) is 4.68 Å². The van der Waals surface area contributed by atoms with Gasteiger partial charge in [-0.15, -0.1) is 5.10 Å². The molecule has 1 aromatic heterocycles. The number of aryl methyl sites for hydroxylation is 1. The van der Waals surface area contributed by atoms with E-state index in [0.717, 1.165) is 6.42 Å². The third-order valence-electron chi connectivity index (χ3n) is 2.34. The zero-order valence-electron chi connectivity index (χ0n) is 9.68. The van der Waals surface area contributed by atoms with E-state index in [2.05, 4.69) is 24.2 Å². The molecule has 0 amide bonds. The molecule has 90 valence electrons. The van der Waals surface area contributed by atoms with E-state index in [4.69, 9.17) is 10.8 Å². The minimum Gasteiger partial charge on any atom is -0.476 e. The van der Waals surface area contributed by atoms with E-state index in [9.17, 15) is 4.79 Å². The molecule has 0 aromatic carbocycles. The van der Waals surface area contributed by atoms with Crippen LogP contribution in [0.2, 0.25) is 0 Å². The molecule has 0 spiro atoms. The Morgan fingerprint density at radius 3 is 2.75 bits per heavy atom. The minimum absolute atomic E-state index is 0.0224. The molecule has 16 heavy (non-hydrogen) atoms. The summed E-state index contributed by atoms with van der Waals surface area (Å²) in [7, 11) is 0. The van der Waals surface area contributed by atoms with E-state index < -0.39 is 5.97 Å². The Bertz CT molecular complexity index is 360. The Morgan fingerprint density at radius 1 is 1.56 bits per heavy atom. The number of nitrogens with zero attached hydrogens (tertiary/aromatic N) is 3. The summed E-state index contributed by atoms with van der Waals surface area (Å²) in [5, 5.41) is 16.5. The SMILES string of the molecule is CC(C)CCn1nnc(C(=O)O)c1CCN. The lowest BCUT2D eigenvalue weighted by molar-refractivity contribution is 0.0689. The van der Waals surface area contributed by atoms with Crippen LogP contribution in [0.15, 0.2) is 0 Å². The summed E-state index contributed by atoms with van der Waals surface area (Å²) >= 11 is 0. The maximum absolute atomic E-state index is 10.9. The molecule has 6 nitrogen and oxygen atoms in total. The van der Waals surface area contributed by atoms with E-state index in [1.165, 1.54) is 0 Å². The van der Waals surface area contributed by atoms with Crippen molar-refractivity contribution >= 4 is 5.97 Å². The second-order valence-electron chi connectivity index (χ2n) is 4.13. The highest BCUT2D eigenvalue weighted by atomic mass is 16.4. The van der Waals surface area contributed by atoms with Crippen LogP contribution in [-0.4, -0.2) is 32.6 Å². The van der Waals surface area contributed by atoms with Crippen molar-refractivity contribution in [2.75, 3.05) is 6.54 Å². The van der Waals surface area contributed by atoms with Crippen LogP contribution in [0.4, 0.5) is 0 Å². The Morgan fingerprint density at radius 2 is 2.25 bits per heavy atom. The Hall–Kier alpha value is -1.43. The number of hydrogen-bond acceptors (Lipinski definition) is 4. The van der Waals surface area contributed by atoms with Crippen molar-refractivity contribution in [2.24, 2.45) is 11.7 Å². The van der Waals surface area contributed by atoms with Crippen LogP contribution in [-0.2, 0) is 13.0 Å². The summed E-state index contributed by atoms with van der Waals surface area (Å²) < 4.78 is 1.65. The number of hydrogen-bond donors (Lipinski definition) is 2. The van der Waals surface area contributed by atoms with Gasteiger partial charge in [-0.1, -0.05) is 19.1 Å². The average Bonchev–Trinajstić information content (AvgIpc) is 2.59. The predicted molar refractivity (Wildman–Crippen MR) is 59.2 cm³/mol. The lowest BCUT2D eigenvalue weighted by atomic mass is 10.1. The fraction of sp³-hybridized carbons (Fsp3) is 0.700. The Labute approximate surface area is 94.4 Å². The molecule has 3 N–H and O–H groups in total. The van der Waals surface area contributed by atoms with Crippen molar-refractivity contribution in [1.82, 2.24) is 15.0 Å². The number of aromatic carboxylic acids is 1. The van der Waals surface area contributed by atoms with Crippen LogP contribution in [0, 0.1) is 5.92 Å². The van der Waals surface area contributed by atoms with Gasteiger partial charge in [0.15, 0.2) is 5.69 Å². The van der Waals surface area contributed by atoms with Gasteiger partial charge in [0, 0.05) is 13.0 Å². The van der Waals surface area contributed by atoms with Gasteiger partial charge >= 0.3 is 5.97 Å². The molecule has 0 radical (unpaired) electrons. The monoisotopic (exact) mass is 226 g/mol. The van der Waals surface area contributed by atoms with Gasteiger partial charge in [0.05, 0.1) is 5.69 Å². The van der Waals surface area contributed by atoms with Crippen LogP contribution in [0.5, 0.6) is 0 Å². The van der Waals surface area contributed by atoms with Crippen LogP contribution in [0.3, 0.4) is 0 Å². The largest absolute Gasteiger partial charge is 0.476 e. The second kappa shape index (κ2) is 5.60. The molecule has 0 fully saturated rings. The van der Waals surface area contributed by atoms with Gasteiger partial charge in [-0.25, -0.2) is 9.48 Å². The lowest BCUT2D eigenvalue weighted by Crippen LogP contribution is -2.14. The van der Waals surface area contributed by atoms with E-state index >= 15 is 0 Å². The van der Waals surface area contributed by atoms with Crippen molar-refractivity contribution in [3.63, 3.8) is 0 Å². The molecule has 0 saturated carbocycles. The quantitative estimate of drug-likeness (QED) is 0.737. The number of carbonyl (C=O) groups is 1. The number of rotatable bonds is 6. The molecule has 1 rings (SSSR count). The molecular weight excluding hydrogens is 208 g/mol. The van der Waals surface area contributed by atoms with Crippen molar-refractivity contribution < 1.29 is 9.90 Å². The Balaban J connectivity index is 2.86. The molecule has 0 bridgehead atoms. The number of carboxylic acid groups (broad SMARTS) is 1. The molecule has 0 aliphatic heterocycles. The second-order valence-corrected chi connectivity index (χ2v) is 4.13. The van der Waals surface area contributed by atoms with Crippen LogP contribution in [0.1, 0.15) is 36.5 Å². The molecular formula is C10H18N4O2. The van der Waals surface area contributed by atoms with Crippen LogP contribution >= 0.6 is 0 Å². The maximum Gasteiger partial charge on any atom is 0.358 e. The van der Waals surface area contributed by atoms with Crippen molar-refractivity contribution in [3.05, 3.63) is 11.4 Å². The Kier molecular flexibility index (Phi) is 4.42. The summed E-state index contributed by atoms with van der Waals surface area (Å²) in [5.41, 5.74) is 6.10. The summed E-state index contributed by atoms with van der Waals surface area (Å²) in [6, 6.07) is 0. The summed E-state index contributed by atoms with van der Waals surface area (Å²) in [5.74, 6) is -0.498. The maximum atomic E-state index is 10.9. The molecule has 1 heterocycles. The zero-order chi connectivity index (χ0) is 12.1. The van der Waals surface area contributed by atoms with E-state index in [1.807, 2.05) is 0 Å². The van der Waals surface area contributed by atoms with Crippen molar-refractivity contribution in [1.29, 1.82) is 0 Å². The van der Waals surface area contributed by atoms with Gasteiger partial charge in [0.2, 0.25) is 0 Å². The minimum atomic E-state index is -1.04. The summed E-state index contributed by atoms with van der Waals surface area (Å²) in [6.07, 6.45) is 1.44. The van der Waals surface area contributed by atoms with E-state index in [0.29, 0.717) is 31.1 Å². The summed E-state index contributed by atoms with van der Waals surface area (Å²) in [4.78, 5) is 10.9. The topological polar surface area (TPSA) is 94.0 Å². The number of nitrogens with two attached hydrogens (primary N) is 1. The third kappa shape index (κ3) is 3.03. The number of aromatic nitrogens is 3. The molecule has 1 aromatic rings. The van der Waals surface area contributed by atoms with Crippen molar-refractivity contribution in [3.8, 4) is 0 Å². The van der Waals surface area contributed by atoms with Crippen molar-refractivity contribution in [2.45, 2.75) is 33.2 Å². The molecule has 0 atom stereocenters. The van der Waals surface area contributed by atoms with Gasteiger partial charge < -0.3 is 10.8 Å². The standard InChI is InChI=1S/C10H18N4O2/c1-7(2)4-6-14-8(3-5-11)9(10(15)16)12-13-14/h7H,3-6,11H2,1-2H3,(H,15,16). The third-order valence-corrected chi connectivity index (χ3v) is 2.34. The normalized spacial score (nSPS) is 11.0. The van der Waals surface area contributed by atoms with Crippen LogP contribution < -0.4 is 5.73 Å². The molecule has 6 heteroatoms. The van der Waals surface area contributed by atoms with Gasteiger partial charge in [0.25, 0.3) is 0 Å². The molecule has 0 saturated heterocycles. The first-order valence-electron chi connectivity index (χ1n) is 5.42. The predicted octanol–water partition coefficient (Wildman–Crippen LogP) is 0.524. The van der Waals surface area contributed by atoms with Gasteiger partial charge in [-0.3, -0.25) is 0 Å². The first-order chi connectivity index (χ1) is 7.56. The average molecular weight is 226 g/mol. The lowest BCUT2D eigenvalue weighted by Gasteiger charge is -2.07. The van der Waals surface area contributed by atoms with Gasteiger partial charge in [-0.2, -0.15) is 0 Å². The highest BCUT2D eigenvalue weighted by molar-refractivity contribution is 5.86. The summed E-state index contributed by atoms with van der Waals surface area (Å²) in [6.45, 7) is 5.30.